The number of amides is 1. The number of benzene rings is 2. The molecule has 268 valence electrons. The molecule has 1 amide bonds. The normalized spacial score (nSPS) is 19.8. The van der Waals surface area contributed by atoms with Crippen LogP contribution < -0.4 is 15.4 Å². The molecule has 0 spiro atoms. The molecule has 2 aliphatic rings. The molecule has 1 saturated carbocycles. The number of carbonyl (C=O) groups excluding carboxylic acids is 2. The van der Waals surface area contributed by atoms with E-state index in [2.05, 4.69) is 75.0 Å². The summed E-state index contributed by atoms with van der Waals surface area (Å²) in [4.78, 5) is 27.4. The van der Waals surface area contributed by atoms with Crippen LogP contribution in [0.1, 0.15) is 118 Å². The molecule has 2 aromatic carbocycles. The summed E-state index contributed by atoms with van der Waals surface area (Å²) in [6.45, 7) is 25.3. The highest BCUT2D eigenvalue weighted by molar-refractivity contribution is 5.98. The van der Waals surface area contributed by atoms with Gasteiger partial charge in [-0.25, -0.2) is 0 Å². The average Bonchev–Trinajstić information content (AvgIpc) is 3.75. The Morgan fingerprint density at radius 3 is 2.24 bits per heavy atom. The third-order valence-corrected chi connectivity index (χ3v) is 9.73. The average molecular weight is 670 g/mol. The van der Waals surface area contributed by atoms with Crippen LogP contribution in [0.3, 0.4) is 0 Å². The number of nitrogens with one attached hydrogen (secondary N) is 2. The molecule has 4 unspecified atom stereocenters. The largest absolute Gasteiger partial charge is 0.496 e. The Kier molecular flexibility index (Phi) is 17.5. The molecule has 2 aromatic rings. The van der Waals surface area contributed by atoms with Gasteiger partial charge in [0.25, 0.3) is 0 Å². The highest BCUT2D eigenvalue weighted by atomic mass is 16.5. The molecule has 49 heavy (non-hydrogen) atoms. The van der Waals surface area contributed by atoms with Crippen LogP contribution in [0, 0.1) is 39.5 Å². The SMILES string of the molecule is C=C(C)C(C)=N/C=C(/c1ccc(OC)c(C)c1C)C(/C=C\C)CC.CC(=O)c1ccc(C)cc1C.CC1CCC(NC(=O)C2CCCN2)C1. The van der Waals surface area contributed by atoms with Crippen molar-refractivity contribution < 1.29 is 14.3 Å². The first-order valence-corrected chi connectivity index (χ1v) is 18.0. The fourth-order valence-electron chi connectivity index (χ4n) is 6.42. The quantitative estimate of drug-likeness (QED) is 0.150. The van der Waals surface area contributed by atoms with Crippen LogP contribution >= 0.6 is 0 Å². The zero-order chi connectivity index (χ0) is 36.7. The molecule has 0 aromatic heterocycles. The van der Waals surface area contributed by atoms with E-state index in [-0.39, 0.29) is 17.7 Å². The van der Waals surface area contributed by atoms with Crippen LogP contribution in [0.25, 0.3) is 5.57 Å². The number of methoxy groups -OCH3 is 1. The van der Waals surface area contributed by atoms with Gasteiger partial charge in [0.05, 0.1) is 13.2 Å². The molecule has 6 heteroatoms. The fourth-order valence-corrected chi connectivity index (χ4v) is 6.42. The van der Waals surface area contributed by atoms with Crippen molar-refractivity contribution in [1.29, 1.82) is 0 Å². The van der Waals surface area contributed by atoms with Crippen molar-refractivity contribution >= 4 is 23.0 Å². The maximum Gasteiger partial charge on any atom is 0.237 e. The van der Waals surface area contributed by atoms with E-state index in [0.29, 0.717) is 12.0 Å². The van der Waals surface area contributed by atoms with Gasteiger partial charge in [0.15, 0.2) is 5.78 Å². The minimum atomic E-state index is 0.0888. The summed E-state index contributed by atoms with van der Waals surface area (Å²) in [5, 5.41) is 6.38. The van der Waals surface area contributed by atoms with Crippen LogP contribution in [0.4, 0.5) is 0 Å². The second-order valence-electron chi connectivity index (χ2n) is 13.8. The van der Waals surface area contributed by atoms with Gasteiger partial charge in [0.2, 0.25) is 5.91 Å². The minimum absolute atomic E-state index is 0.0888. The number of hydrogen-bond donors (Lipinski definition) is 2. The fraction of sp³-hybridized carbons (Fsp3) is 0.512. The van der Waals surface area contributed by atoms with Gasteiger partial charge in [-0.1, -0.05) is 62.4 Å². The summed E-state index contributed by atoms with van der Waals surface area (Å²) in [5.41, 5.74) is 9.94. The van der Waals surface area contributed by atoms with E-state index >= 15 is 0 Å². The molecule has 1 aliphatic carbocycles. The monoisotopic (exact) mass is 669 g/mol. The van der Waals surface area contributed by atoms with E-state index in [1.54, 1.807) is 14.0 Å². The number of carbonyl (C=O) groups is 2. The first-order valence-electron chi connectivity index (χ1n) is 18.0. The highest BCUT2D eigenvalue weighted by Gasteiger charge is 2.27. The summed E-state index contributed by atoms with van der Waals surface area (Å²) >= 11 is 0. The number of hydrogen-bond acceptors (Lipinski definition) is 5. The third-order valence-electron chi connectivity index (χ3n) is 9.73. The van der Waals surface area contributed by atoms with E-state index in [9.17, 15) is 9.59 Å². The standard InChI is InChI=1S/C22H31NO.C11H20N2O.C10H12O/c1-9-11-19(10-2)21(14-23-18(7)15(3)4)20-12-13-22(24-8)17(6)16(20)5;1-8-4-5-9(7-8)13-11(14)10-3-2-6-12-10;1-7-4-5-10(9(3)11)8(2)6-7/h9,11-14,19H,3,10H2,1-2,4-8H3;8-10,12H,2-7H2,1H3,(H,13,14);4-6H,1-3H3/b11-9-,21-14+,23-18?;;. The number of ether oxygens (including phenoxy) is 1. The maximum absolute atomic E-state index is 11.7. The predicted octanol–water partition coefficient (Wildman–Crippen LogP) is 9.84. The molecule has 2 N–H and O–H groups in total. The Morgan fingerprint density at radius 1 is 1.04 bits per heavy atom. The second-order valence-corrected chi connectivity index (χ2v) is 13.8. The summed E-state index contributed by atoms with van der Waals surface area (Å²) in [6.07, 6.45) is 13.1. The molecule has 1 heterocycles. The van der Waals surface area contributed by atoms with Crippen molar-refractivity contribution in [3.05, 3.63) is 94.2 Å². The Morgan fingerprint density at radius 2 is 1.73 bits per heavy atom. The van der Waals surface area contributed by atoms with Crippen LogP contribution in [-0.4, -0.2) is 43.1 Å². The van der Waals surface area contributed by atoms with Gasteiger partial charge in [-0.2, -0.15) is 0 Å². The van der Waals surface area contributed by atoms with E-state index in [4.69, 9.17) is 4.74 Å². The zero-order valence-electron chi connectivity index (χ0n) is 32.3. The molecule has 4 rings (SSSR count). The number of ketones is 1. The van der Waals surface area contributed by atoms with Crippen molar-refractivity contribution in [3.8, 4) is 5.75 Å². The van der Waals surface area contributed by atoms with Gasteiger partial charge in [-0.15, -0.1) is 0 Å². The van der Waals surface area contributed by atoms with E-state index in [1.165, 1.54) is 47.1 Å². The summed E-state index contributed by atoms with van der Waals surface area (Å²) in [6, 6.07) is 10.6. The van der Waals surface area contributed by atoms with Crippen molar-refractivity contribution in [3.63, 3.8) is 0 Å². The molecule has 0 radical (unpaired) electrons. The zero-order valence-corrected chi connectivity index (χ0v) is 32.3. The number of rotatable bonds is 10. The maximum atomic E-state index is 11.7. The first kappa shape index (κ1) is 41.4. The van der Waals surface area contributed by atoms with Crippen LogP contribution in [0.15, 0.2) is 65.8 Å². The lowest BCUT2D eigenvalue weighted by molar-refractivity contribution is -0.123. The predicted molar refractivity (Wildman–Crippen MR) is 209 cm³/mol. The van der Waals surface area contributed by atoms with Gasteiger partial charge >= 0.3 is 0 Å². The van der Waals surface area contributed by atoms with Crippen molar-refractivity contribution in [2.45, 2.75) is 120 Å². The molecule has 0 bridgehead atoms. The summed E-state index contributed by atoms with van der Waals surface area (Å²) < 4.78 is 5.45. The molecule has 6 nitrogen and oxygen atoms in total. The number of aliphatic imine (C=N–C) groups is 1. The number of Topliss-reactive ketones (excluding diaryl/α,β-unsaturated/α-hetero) is 1. The van der Waals surface area contributed by atoms with Gasteiger partial charge in [-0.3, -0.25) is 14.6 Å². The Bertz CT molecular complexity index is 1510. The number of aryl methyl sites for hydroxylation is 2. The smallest absolute Gasteiger partial charge is 0.237 e. The molecular formula is C43H63N3O3. The first-order chi connectivity index (χ1) is 23.2. The van der Waals surface area contributed by atoms with E-state index < -0.39 is 0 Å². The van der Waals surface area contributed by atoms with Gasteiger partial charge in [0, 0.05) is 29.4 Å². The van der Waals surface area contributed by atoms with Crippen LogP contribution in [0.5, 0.6) is 5.75 Å². The van der Waals surface area contributed by atoms with Gasteiger partial charge < -0.3 is 15.4 Å². The van der Waals surface area contributed by atoms with Gasteiger partial charge in [0.1, 0.15) is 5.75 Å². The van der Waals surface area contributed by atoms with Crippen LogP contribution in [-0.2, 0) is 4.79 Å². The van der Waals surface area contributed by atoms with Crippen molar-refractivity contribution in [1.82, 2.24) is 10.6 Å². The Balaban J connectivity index is 0.000000280. The number of allylic oxidation sites excluding steroid dienone is 4. The van der Waals surface area contributed by atoms with E-state index in [0.717, 1.165) is 59.9 Å². The topological polar surface area (TPSA) is 79.8 Å². The number of nitrogens with zero attached hydrogens (tertiary/aromatic N) is 1. The lowest BCUT2D eigenvalue weighted by Gasteiger charge is -2.20. The van der Waals surface area contributed by atoms with Crippen LogP contribution in [0.2, 0.25) is 0 Å². The van der Waals surface area contributed by atoms with Crippen molar-refractivity contribution in [2.75, 3.05) is 13.7 Å². The summed E-state index contributed by atoms with van der Waals surface area (Å²) in [5.74, 6) is 2.42. The Hall–Kier alpha value is -3.77. The third kappa shape index (κ3) is 12.9. The Labute approximate surface area is 297 Å². The molecule has 2 fully saturated rings. The molecule has 1 aliphatic heterocycles. The lowest BCUT2D eigenvalue weighted by Crippen LogP contribution is -2.44. The lowest BCUT2D eigenvalue weighted by atomic mass is 9.87. The second kappa shape index (κ2) is 20.7. The van der Waals surface area contributed by atoms with E-state index in [1.807, 2.05) is 58.2 Å². The van der Waals surface area contributed by atoms with Gasteiger partial charge in [-0.05, 0) is 146 Å². The molecule has 4 atom stereocenters. The van der Waals surface area contributed by atoms with Crippen molar-refractivity contribution in [2.24, 2.45) is 16.8 Å². The molecule has 1 saturated heterocycles. The summed E-state index contributed by atoms with van der Waals surface area (Å²) in [7, 11) is 1.72. The minimum Gasteiger partial charge on any atom is -0.496 e. The molecular weight excluding hydrogens is 606 g/mol. The highest BCUT2D eigenvalue weighted by Crippen LogP contribution is 2.34.